The van der Waals surface area contributed by atoms with Gasteiger partial charge in [0.1, 0.15) is 17.7 Å². The fraction of sp³-hybridized carbons (Fsp3) is 0.296. The number of amides is 2. The first kappa shape index (κ1) is 33.4. The number of anilines is 1. The van der Waals surface area contributed by atoms with E-state index >= 15 is 0 Å². The second-order valence-corrected chi connectivity index (χ2v) is 8.80. The summed E-state index contributed by atoms with van der Waals surface area (Å²) < 4.78 is 4.99. The van der Waals surface area contributed by atoms with E-state index in [4.69, 9.17) is 21.6 Å². The number of carboxylic acids is 1. The van der Waals surface area contributed by atoms with E-state index in [2.05, 4.69) is 15.6 Å². The molecule has 0 fully saturated rings. The predicted molar refractivity (Wildman–Crippen MR) is 156 cm³/mol. The number of nitrogen functional groups attached to an aromatic ring is 1. The zero-order valence-corrected chi connectivity index (χ0v) is 23.1. The van der Waals surface area contributed by atoms with Gasteiger partial charge in [-0.25, -0.2) is 9.59 Å². The maximum absolute atomic E-state index is 12.5. The van der Waals surface area contributed by atoms with Crippen molar-refractivity contribution >= 4 is 52.8 Å². The molecule has 1 aromatic heterocycles. The summed E-state index contributed by atoms with van der Waals surface area (Å²) in [5, 5.41) is 15.2. The lowest BCUT2D eigenvalue weighted by Crippen LogP contribution is -2.52. The van der Waals surface area contributed by atoms with Crippen LogP contribution in [-0.4, -0.2) is 47.5 Å². The van der Waals surface area contributed by atoms with E-state index in [0.29, 0.717) is 17.7 Å². The first-order valence-electron chi connectivity index (χ1n) is 12.2. The molecule has 0 bridgehead atoms. The highest BCUT2D eigenvalue weighted by atomic mass is 35.5. The number of nitrogens with one attached hydrogen (secondary N) is 2. The molecule has 0 spiro atoms. The minimum absolute atomic E-state index is 0. The summed E-state index contributed by atoms with van der Waals surface area (Å²) in [7, 11) is 0. The number of benzene rings is 2. The van der Waals surface area contributed by atoms with Gasteiger partial charge < -0.3 is 37.4 Å². The van der Waals surface area contributed by atoms with Crippen molar-refractivity contribution in [3.63, 3.8) is 0 Å². The molecule has 0 radical (unpaired) electrons. The number of aliphatic carboxylic acids is 1. The lowest BCUT2D eigenvalue weighted by molar-refractivity contribution is -0.142. The van der Waals surface area contributed by atoms with E-state index in [0.717, 1.165) is 16.5 Å². The third-order valence-electron chi connectivity index (χ3n) is 5.51. The van der Waals surface area contributed by atoms with Gasteiger partial charge in [0.25, 0.3) is 0 Å². The third kappa shape index (κ3) is 11.4. The Labute approximate surface area is 237 Å². The summed E-state index contributed by atoms with van der Waals surface area (Å²) in [6.45, 7) is 3.44. The molecular formula is C27H35ClN6O6. The standard InChI is InChI=1S/C17H25N5O4.C10H9NO2.ClH/c1-11(23)21-14(10-12-6-3-2-4-7-12)15(24)22-13(16(25)26)8-5-9-20-17(18)19;1-6-4-10(12)13-9-5-7(11)2-3-8(6)9;/h2-4,6-7,13-14H,5,8-10H2,1H3,(H,21,23)(H,22,24)(H,25,26)(H4,18,19,20);2-5H,11H2,1H3;1H. The predicted octanol–water partition coefficient (Wildman–Crippen LogP) is 1.46. The van der Waals surface area contributed by atoms with Crippen LogP contribution in [0.15, 0.2) is 68.8 Å². The van der Waals surface area contributed by atoms with E-state index < -0.39 is 24.0 Å². The van der Waals surface area contributed by atoms with Crippen molar-refractivity contribution in [2.75, 3.05) is 12.3 Å². The number of fused-ring (bicyclic) bond motifs is 1. The Morgan fingerprint density at radius 1 is 1.02 bits per heavy atom. The number of hydrogen-bond donors (Lipinski definition) is 6. The van der Waals surface area contributed by atoms with Gasteiger partial charge in [-0.2, -0.15) is 0 Å². The number of carbonyl (C=O) groups excluding carboxylic acids is 2. The van der Waals surface area contributed by atoms with Crippen LogP contribution in [0, 0.1) is 6.92 Å². The van der Waals surface area contributed by atoms with Crippen molar-refractivity contribution in [1.82, 2.24) is 10.6 Å². The number of rotatable bonds is 10. The maximum Gasteiger partial charge on any atom is 0.336 e. The Morgan fingerprint density at radius 3 is 2.30 bits per heavy atom. The Bertz CT molecular complexity index is 1370. The number of carbonyl (C=O) groups is 3. The Balaban J connectivity index is 0.000000475. The van der Waals surface area contributed by atoms with Gasteiger partial charge in [-0.3, -0.25) is 14.6 Å². The SMILES string of the molecule is CC(=O)NC(Cc1ccccc1)C(=O)NC(CCCN=C(N)N)C(=O)O.Cc1cc(=O)oc2cc(N)ccc12.Cl. The lowest BCUT2D eigenvalue weighted by atomic mass is 10.0. The van der Waals surface area contributed by atoms with Crippen LogP contribution < -0.4 is 33.5 Å². The van der Waals surface area contributed by atoms with E-state index in [1.54, 1.807) is 12.1 Å². The van der Waals surface area contributed by atoms with Crippen LogP contribution in [0.2, 0.25) is 0 Å². The van der Waals surface area contributed by atoms with Crippen LogP contribution in [-0.2, 0) is 20.8 Å². The summed E-state index contributed by atoms with van der Waals surface area (Å²) in [4.78, 5) is 50.0. The van der Waals surface area contributed by atoms with Crippen LogP contribution in [0.3, 0.4) is 0 Å². The van der Waals surface area contributed by atoms with Gasteiger partial charge in [-0.15, -0.1) is 12.4 Å². The van der Waals surface area contributed by atoms with E-state index in [1.807, 2.05) is 43.3 Å². The van der Waals surface area contributed by atoms with E-state index in [1.165, 1.54) is 13.0 Å². The molecule has 216 valence electrons. The summed E-state index contributed by atoms with van der Waals surface area (Å²) >= 11 is 0. The minimum Gasteiger partial charge on any atom is -0.480 e. The number of halogens is 1. The minimum atomic E-state index is -1.16. The number of aliphatic imine (C=N–C) groups is 1. The van der Waals surface area contributed by atoms with Crippen molar-refractivity contribution in [1.29, 1.82) is 0 Å². The molecular weight excluding hydrogens is 540 g/mol. The second-order valence-electron chi connectivity index (χ2n) is 8.80. The first-order valence-corrected chi connectivity index (χ1v) is 12.2. The number of hydrogen-bond acceptors (Lipinski definition) is 7. The van der Waals surface area contributed by atoms with Crippen molar-refractivity contribution in [2.24, 2.45) is 16.5 Å². The molecule has 0 saturated carbocycles. The molecule has 3 aromatic rings. The smallest absolute Gasteiger partial charge is 0.336 e. The van der Waals surface area contributed by atoms with E-state index in [-0.39, 0.29) is 49.3 Å². The summed E-state index contributed by atoms with van der Waals surface area (Å²) in [5.41, 5.74) is 18.5. The molecule has 40 heavy (non-hydrogen) atoms. The Hall–Kier alpha value is -4.58. The van der Waals surface area contributed by atoms with Crippen LogP contribution in [0.4, 0.5) is 5.69 Å². The van der Waals surface area contributed by atoms with Gasteiger partial charge in [0, 0.05) is 43.1 Å². The van der Waals surface area contributed by atoms with Crippen molar-refractivity contribution in [3.05, 3.63) is 76.1 Å². The lowest BCUT2D eigenvalue weighted by Gasteiger charge is -2.21. The van der Waals surface area contributed by atoms with Crippen LogP contribution in [0.1, 0.15) is 30.9 Å². The number of aryl methyl sites for hydroxylation is 1. The van der Waals surface area contributed by atoms with E-state index in [9.17, 15) is 24.3 Å². The fourth-order valence-corrected chi connectivity index (χ4v) is 3.68. The van der Waals surface area contributed by atoms with Crippen molar-refractivity contribution in [3.8, 4) is 0 Å². The zero-order valence-electron chi connectivity index (χ0n) is 22.3. The van der Waals surface area contributed by atoms with Crippen molar-refractivity contribution in [2.45, 2.75) is 45.2 Å². The number of guanidine groups is 1. The quantitative estimate of drug-likeness (QED) is 0.0678. The van der Waals surface area contributed by atoms with Gasteiger partial charge in [-0.1, -0.05) is 30.3 Å². The number of carboxylic acid groups (broad SMARTS) is 1. The molecule has 1 heterocycles. The van der Waals surface area contributed by atoms with Gasteiger partial charge in [0.15, 0.2) is 5.96 Å². The molecule has 2 aromatic carbocycles. The van der Waals surface area contributed by atoms with Crippen molar-refractivity contribution < 1.29 is 23.9 Å². The van der Waals surface area contributed by atoms with Gasteiger partial charge in [0.05, 0.1) is 0 Å². The highest BCUT2D eigenvalue weighted by molar-refractivity contribution is 5.90. The molecule has 0 aliphatic carbocycles. The molecule has 0 aliphatic rings. The monoisotopic (exact) mass is 574 g/mol. The second kappa shape index (κ2) is 16.4. The number of nitrogens with zero attached hydrogens (tertiary/aromatic N) is 1. The first-order chi connectivity index (χ1) is 18.5. The molecule has 0 aliphatic heterocycles. The normalized spacial score (nSPS) is 11.6. The molecule has 0 saturated heterocycles. The summed E-state index contributed by atoms with van der Waals surface area (Å²) in [6, 6.07) is 13.9. The third-order valence-corrected chi connectivity index (χ3v) is 5.51. The maximum atomic E-state index is 12.5. The van der Waals surface area contributed by atoms with Crippen LogP contribution >= 0.6 is 12.4 Å². The molecule has 9 N–H and O–H groups in total. The average molecular weight is 575 g/mol. The fourth-order valence-electron chi connectivity index (χ4n) is 3.68. The molecule has 2 unspecified atom stereocenters. The molecule has 3 rings (SSSR count). The topological polar surface area (TPSA) is 216 Å². The zero-order chi connectivity index (χ0) is 28.9. The summed E-state index contributed by atoms with van der Waals surface area (Å²) in [5.74, 6) is -2.17. The largest absolute Gasteiger partial charge is 0.480 e. The average Bonchev–Trinajstić information content (AvgIpc) is 2.85. The summed E-state index contributed by atoms with van der Waals surface area (Å²) in [6.07, 6.45) is 0.807. The highest BCUT2D eigenvalue weighted by Crippen LogP contribution is 2.18. The Morgan fingerprint density at radius 2 is 1.70 bits per heavy atom. The Kier molecular flexibility index (Phi) is 13.7. The molecule has 2 atom stereocenters. The number of nitrogens with two attached hydrogens (primary N) is 3. The molecule has 12 nitrogen and oxygen atoms in total. The molecule has 13 heteroatoms. The van der Waals surface area contributed by atoms with Gasteiger partial charge in [-0.05, 0) is 43.0 Å². The highest BCUT2D eigenvalue weighted by Gasteiger charge is 2.25. The van der Waals surface area contributed by atoms with Gasteiger partial charge >= 0.3 is 11.6 Å². The van der Waals surface area contributed by atoms with Crippen LogP contribution in [0.25, 0.3) is 11.0 Å². The van der Waals surface area contributed by atoms with Crippen LogP contribution in [0.5, 0.6) is 0 Å². The van der Waals surface area contributed by atoms with Gasteiger partial charge in [0.2, 0.25) is 11.8 Å². The molecule has 2 amide bonds.